The van der Waals surface area contributed by atoms with Crippen LogP contribution in [0.1, 0.15) is 12.5 Å². The Morgan fingerprint density at radius 1 is 1.28 bits per heavy atom. The van der Waals surface area contributed by atoms with Crippen molar-refractivity contribution in [2.45, 2.75) is 11.8 Å². The van der Waals surface area contributed by atoms with Crippen LogP contribution in [-0.2, 0) is 14.9 Å². The van der Waals surface area contributed by atoms with Crippen LogP contribution in [-0.4, -0.2) is 25.9 Å². The van der Waals surface area contributed by atoms with Gasteiger partial charge in [-0.1, -0.05) is 18.2 Å². The maximum Gasteiger partial charge on any atom is 0.346 e. The number of nitrogens with two attached hydrogens (primary N) is 1. The second kappa shape index (κ2) is 8.85. The highest BCUT2D eigenvalue weighted by atomic mass is 32.2. The average molecular weight is 417 g/mol. The largest absolute Gasteiger partial charge is 0.490 e. The molecule has 0 fully saturated rings. The van der Waals surface area contributed by atoms with Crippen LogP contribution >= 0.6 is 0 Å². The van der Waals surface area contributed by atoms with E-state index in [0.29, 0.717) is 5.56 Å². The summed E-state index contributed by atoms with van der Waals surface area (Å²) in [6.07, 6.45) is 1.20. The van der Waals surface area contributed by atoms with Gasteiger partial charge in [-0.25, -0.2) is 0 Å². The third-order valence-electron chi connectivity index (χ3n) is 3.50. The van der Waals surface area contributed by atoms with Crippen molar-refractivity contribution < 1.29 is 27.1 Å². The summed E-state index contributed by atoms with van der Waals surface area (Å²) in [5, 5.41) is 20.0. The summed E-state index contributed by atoms with van der Waals surface area (Å²) in [5.74, 6) is -1.16. The molecular formula is C18H15N3O7S. The molecule has 0 aliphatic heterocycles. The number of hydrogen-bond donors (Lipinski definition) is 1. The molecule has 0 unspecified atom stereocenters. The molecule has 0 aliphatic rings. The molecule has 11 heteroatoms. The van der Waals surface area contributed by atoms with Gasteiger partial charge in [-0.3, -0.25) is 14.9 Å². The highest BCUT2D eigenvalue weighted by molar-refractivity contribution is 7.87. The lowest BCUT2D eigenvalue weighted by Gasteiger charge is -2.12. The molecular weight excluding hydrogens is 402 g/mol. The van der Waals surface area contributed by atoms with Crippen LogP contribution in [0.2, 0.25) is 0 Å². The Balaban J connectivity index is 2.49. The molecule has 0 bridgehead atoms. The maximum absolute atomic E-state index is 12.6. The zero-order valence-electron chi connectivity index (χ0n) is 15.1. The number of carbonyl (C=O) groups is 1. The minimum atomic E-state index is -4.55. The molecule has 0 spiro atoms. The first kappa shape index (κ1) is 21.4. The Labute approximate surface area is 166 Å². The summed E-state index contributed by atoms with van der Waals surface area (Å²) in [7, 11) is -4.55. The molecule has 10 nitrogen and oxygen atoms in total. The highest BCUT2D eigenvalue weighted by Gasteiger charge is 2.28. The molecule has 1 amide bonds. The van der Waals surface area contributed by atoms with E-state index in [1.165, 1.54) is 36.4 Å². The number of nitro groups is 1. The fourth-order valence-corrected chi connectivity index (χ4v) is 3.37. The normalized spacial score (nSPS) is 11.4. The van der Waals surface area contributed by atoms with Crippen molar-refractivity contribution in [1.82, 2.24) is 0 Å². The van der Waals surface area contributed by atoms with Crippen LogP contribution < -0.4 is 14.7 Å². The number of ether oxygens (including phenoxy) is 1. The number of hydrogen-bond acceptors (Lipinski definition) is 8. The monoisotopic (exact) mass is 417 g/mol. The fraction of sp³-hybridized carbons (Fsp3) is 0.111. The molecule has 29 heavy (non-hydrogen) atoms. The first-order chi connectivity index (χ1) is 13.7. The van der Waals surface area contributed by atoms with Crippen LogP contribution in [0, 0.1) is 21.4 Å². The Morgan fingerprint density at radius 3 is 2.55 bits per heavy atom. The Morgan fingerprint density at radius 2 is 1.97 bits per heavy atom. The Kier molecular flexibility index (Phi) is 6.53. The van der Waals surface area contributed by atoms with E-state index in [0.717, 1.165) is 12.1 Å². The van der Waals surface area contributed by atoms with Crippen molar-refractivity contribution in [3.63, 3.8) is 0 Å². The van der Waals surface area contributed by atoms with E-state index in [9.17, 15) is 23.3 Å². The molecule has 2 aromatic rings. The molecule has 2 N–H and O–H groups in total. The lowest BCUT2D eigenvalue weighted by atomic mass is 10.1. The van der Waals surface area contributed by atoms with Gasteiger partial charge in [0.15, 0.2) is 16.4 Å². The summed E-state index contributed by atoms with van der Waals surface area (Å²) >= 11 is 0. The number of amides is 1. The molecule has 2 aromatic carbocycles. The standard InChI is InChI=1S/C18H15N3O7S/c1-2-27-16-10-12(9-13(11-19)18(20)22)7-8-15(16)28-29(25,26)17-6-4-3-5-14(17)21(23)24/h3-10H,2H2,1H3,(H2,20,22)/b13-9+. The van der Waals surface area contributed by atoms with Gasteiger partial charge in [0.1, 0.15) is 11.6 Å². The van der Waals surface area contributed by atoms with E-state index in [1.54, 1.807) is 13.0 Å². The van der Waals surface area contributed by atoms with Gasteiger partial charge >= 0.3 is 10.1 Å². The van der Waals surface area contributed by atoms with Crippen molar-refractivity contribution >= 4 is 27.8 Å². The number of primary amides is 1. The molecule has 0 saturated carbocycles. The molecule has 0 radical (unpaired) electrons. The van der Waals surface area contributed by atoms with Gasteiger partial charge in [-0.15, -0.1) is 0 Å². The molecule has 150 valence electrons. The van der Waals surface area contributed by atoms with Crippen molar-refractivity contribution in [3.8, 4) is 17.6 Å². The zero-order valence-corrected chi connectivity index (χ0v) is 15.9. The average Bonchev–Trinajstić information content (AvgIpc) is 2.67. The van der Waals surface area contributed by atoms with Crippen LogP contribution in [0.5, 0.6) is 11.5 Å². The van der Waals surface area contributed by atoms with Crippen molar-refractivity contribution in [2.24, 2.45) is 5.73 Å². The predicted octanol–water partition coefficient (Wildman–Crippen LogP) is 2.15. The molecule has 2 rings (SSSR count). The molecule has 0 heterocycles. The topological polar surface area (TPSA) is 163 Å². The second-order valence-electron chi connectivity index (χ2n) is 5.44. The lowest BCUT2D eigenvalue weighted by molar-refractivity contribution is -0.387. The summed E-state index contributed by atoms with van der Waals surface area (Å²) in [6, 6.07) is 10.3. The van der Waals surface area contributed by atoms with Gasteiger partial charge in [-0.05, 0) is 36.8 Å². The van der Waals surface area contributed by atoms with Gasteiger partial charge in [-0.2, -0.15) is 13.7 Å². The van der Waals surface area contributed by atoms with Gasteiger partial charge in [0.05, 0.1) is 11.5 Å². The highest BCUT2D eigenvalue weighted by Crippen LogP contribution is 2.33. The third kappa shape index (κ3) is 5.08. The van der Waals surface area contributed by atoms with Crippen LogP contribution in [0.15, 0.2) is 52.9 Å². The van der Waals surface area contributed by atoms with Crippen molar-refractivity contribution in [2.75, 3.05) is 6.61 Å². The number of rotatable bonds is 8. The van der Waals surface area contributed by atoms with E-state index in [-0.39, 0.29) is 23.7 Å². The lowest BCUT2D eigenvalue weighted by Crippen LogP contribution is -2.13. The van der Waals surface area contributed by atoms with E-state index in [4.69, 9.17) is 19.9 Å². The third-order valence-corrected chi connectivity index (χ3v) is 4.78. The molecule has 0 aliphatic carbocycles. The van der Waals surface area contributed by atoms with E-state index in [2.05, 4.69) is 0 Å². The smallest absolute Gasteiger partial charge is 0.346 e. The maximum atomic E-state index is 12.6. The number of nitro benzene ring substituents is 1. The Bertz CT molecular complexity index is 1130. The minimum Gasteiger partial charge on any atom is -0.490 e. The van der Waals surface area contributed by atoms with Gasteiger partial charge < -0.3 is 14.7 Å². The molecule has 0 saturated heterocycles. The summed E-state index contributed by atoms with van der Waals surface area (Å²) in [4.78, 5) is 20.9. The number of nitrogens with zero attached hydrogens (tertiary/aromatic N) is 2. The number of benzene rings is 2. The zero-order chi connectivity index (χ0) is 21.6. The number of carbonyl (C=O) groups excluding carboxylic acids is 1. The second-order valence-corrected chi connectivity index (χ2v) is 6.95. The number of nitriles is 1. The molecule has 0 atom stereocenters. The van der Waals surface area contributed by atoms with Crippen molar-refractivity contribution in [1.29, 1.82) is 5.26 Å². The van der Waals surface area contributed by atoms with Gasteiger partial charge in [0.2, 0.25) is 0 Å². The van der Waals surface area contributed by atoms with E-state index < -0.39 is 31.5 Å². The van der Waals surface area contributed by atoms with Crippen molar-refractivity contribution in [3.05, 3.63) is 63.7 Å². The quantitative estimate of drug-likeness (QED) is 0.224. The van der Waals surface area contributed by atoms with Crippen LogP contribution in [0.3, 0.4) is 0 Å². The van der Waals surface area contributed by atoms with E-state index in [1.807, 2.05) is 0 Å². The fourth-order valence-electron chi connectivity index (χ4n) is 2.26. The van der Waals surface area contributed by atoms with Gasteiger partial charge in [0.25, 0.3) is 11.6 Å². The SMILES string of the molecule is CCOc1cc(/C=C(\C#N)C(N)=O)ccc1OS(=O)(=O)c1ccccc1[N+](=O)[O-]. The van der Waals surface area contributed by atoms with Crippen LogP contribution in [0.25, 0.3) is 6.08 Å². The van der Waals surface area contributed by atoms with E-state index >= 15 is 0 Å². The Hall–Kier alpha value is -3.91. The first-order valence-corrected chi connectivity index (χ1v) is 9.46. The van der Waals surface area contributed by atoms with Gasteiger partial charge in [0, 0.05) is 6.07 Å². The summed E-state index contributed by atoms with van der Waals surface area (Å²) in [6.45, 7) is 1.79. The minimum absolute atomic E-state index is 0.00910. The first-order valence-electron chi connectivity index (χ1n) is 8.06. The number of para-hydroxylation sites is 1. The van der Waals surface area contributed by atoms with Crippen LogP contribution in [0.4, 0.5) is 5.69 Å². The predicted molar refractivity (Wildman–Crippen MR) is 101 cm³/mol. The summed E-state index contributed by atoms with van der Waals surface area (Å²) < 4.78 is 35.6. The molecule has 0 aromatic heterocycles. The summed E-state index contributed by atoms with van der Waals surface area (Å²) in [5.41, 5.74) is 4.47.